The van der Waals surface area contributed by atoms with Gasteiger partial charge in [-0.25, -0.2) is 4.39 Å². The summed E-state index contributed by atoms with van der Waals surface area (Å²) >= 11 is 4.92. The lowest BCUT2D eigenvalue weighted by molar-refractivity contribution is -0.0391. The maximum absolute atomic E-state index is 13.1. The lowest BCUT2D eigenvalue weighted by Crippen LogP contribution is -2.24. The number of halogens is 1. The Hall–Kier alpha value is -1.04. The first-order chi connectivity index (χ1) is 8.66. The maximum Gasteiger partial charge on any atom is 0.123 e. The van der Waals surface area contributed by atoms with Gasteiger partial charge in [-0.2, -0.15) is 0 Å². The molecule has 1 fully saturated rings. The molecule has 0 aliphatic carbocycles. The van der Waals surface area contributed by atoms with E-state index in [1.807, 2.05) is 0 Å². The average Bonchev–Trinajstić information content (AvgIpc) is 2.38. The summed E-state index contributed by atoms with van der Waals surface area (Å²) in [6, 6.07) is 4.42. The van der Waals surface area contributed by atoms with Crippen LogP contribution >= 0.6 is 12.2 Å². The minimum atomic E-state index is -0.340. The van der Waals surface area contributed by atoms with Crippen molar-refractivity contribution >= 4 is 17.2 Å². The molecule has 1 aliphatic heterocycles. The Kier molecular flexibility index (Phi) is 4.63. The molecule has 0 aromatic heterocycles. The molecule has 98 valence electrons. The Morgan fingerprint density at radius 1 is 1.44 bits per heavy atom. The van der Waals surface area contributed by atoms with Gasteiger partial charge in [0.1, 0.15) is 10.8 Å². The van der Waals surface area contributed by atoms with Crippen LogP contribution in [-0.2, 0) is 16.1 Å². The molecule has 0 bridgehead atoms. The Morgan fingerprint density at radius 2 is 2.17 bits per heavy atom. The van der Waals surface area contributed by atoms with Crippen LogP contribution in [0.2, 0.25) is 0 Å². The third-order valence-corrected chi connectivity index (χ3v) is 3.20. The molecule has 0 spiro atoms. The van der Waals surface area contributed by atoms with Gasteiger partial charge in [0.15, 0.2) is 0 Å². The lowest BCUT2D eigenvalue weighted by atomic mass is 10.1. The molecule has 18 heavy (non-hydrogen) atoms. The van der Waals surface area contributed by atoms with Gasteiger partial charge in [0, 0.05) is 18.8 Å². The highest BCUT2D eigenvalue weighted by atomic mass is 32.1. The quantitative estimate of drug-likeness (QED) is 0.851. The number of rotatable bonds is 4. The van der Waals surface area contributed by atoms with Gasteiger partial charge in [-0.15, -0.1) is 0 Å². The minimum Gasteiger partial charge on any atom is -0.389 e. The molecule has 1 saturated heterocycles. The van der Waals surface area contributed by atoms with Crippen molar-refractivity contribution in [1.29, 1.82) is 0 Å². The zero-order valence-corrected chi connectivity index (χ0v) is 10.8. The number of nitrogens with two attached hydrogens (primary N) is 1. The van der Waals surface area contributed by atoms with E-state index in [2.05, 4.69) is 0 Å². The van der Waals surface area contributed by atoms with Crippen LogP contribution in [0.1, 0.15) is 24.0 Å². The van der Waals surface area contributed by atoms with Crippen LogP contribution in [0.4, 0.5) is 4.39 Å². The smallest absolute Gasteiger partial charge is 0.123 e. The summed E-state index contributed by atoms with van der Waals surface area (Å²) in [4.78, 5) is 0.195. The van der Waals surface area contributed by atoms with E-state index >= 15 is 0 Å². The van der Waals surface area contributed by atoms with E-state index < -0.39 is 0 Å². The van der Waals surface area contributed by atoms with Gasteiger partial charge in [0.25, 0.3) is 0 Å². The highest BCUT2D eigenvalue weighted by Gasteiger charge is 2.15. The number of thiocarbonyl (C=S) groups is 1. The second-order valence-electron chi connectivity index (χ2n) is 4.29. The summed E-state index contributed by atoms with van der Waals surface area (Å²) in [6.45, 7) is 1.87. The number of ether oxygens (including phenoxy) is 2. The van der Waals surface area contributed by atoms with Crippen molar-refractivity contribution in [3.63, 3.8) is 0 Å². The standard InChI is InChI=1S/C13H16FNO2S/c14-10-2-1-9(12(7-10)13(15)18)8-17-11-3-5-16-6-4-11/h1-2,7,11H,3-6,8H2,(H2,15,18). The fourth-order valence-electron chi connectivity index (χ4n) is 1.95. The highest BCUT2D eigenvalue weighted by Crippen LogP contribution is 2.17. The molecular formula is C13H16FNO2S. The Bertz CT molecular complexity index is 433. The molecule has 0 amide bonds. The zero-order valence-electron chi connectivity index (χ0n) is 10.0. The van der Waals surface area contributed by atoms with Crippen molar-refractivity contribution in [2.45, 2.75) is 25.6 Å². The molecule has 1 aliphatic rings. The average molecular weight is 269 g/mol. The van der Waals surface area contributed by atoms with Crippen molar-refractivity contribution in [1.82, 2.24) is 0 Å². The molecule has 2 rings (SSSR count). The first-order valence-electron chi connectivity index (χ1n) is 5.94. The molecule has 0 saturated carbocycles. The van der Waals surface area contributed by atoms with E-state index in [1.54, 1.807) is 6.07 Å². The Morgan fingerprint density at radius 3 is 2.83 bits per heavy atom. The van der Waals surface area contributed by atoms with Gasteiger partial charge in [-0.1, -0.05) is 18.3 Å². The predicted octanol–water partition coefficient (Wildman–Crippen LogP) is 2.16. The fraction of sp³-hybridized carbons (Fsp3) is 0.462. The molecular weight excluding hydrogens is 253 g/mol. The molecule has 0 radical (unpaired) electrons. The third kappa shape index (κ3) is 3.48. The predicted molar refractivity (Wildman–Crippen MR) is 70.9 cm³/mol. The van der Waals surface area contributed by atoms with Gasteiger partial charge in [-0.3, -0.25) is 0 Å². The highest BCUT2D eigenvalue weighted by molar-refractivity contribution is 7.80. The Balaban J connectivity index is 2.01. The normalized spacial score (nSPS) is 16.7. The molecule has 0 atom stereocenters. The van der Waals surface area contributed by atoms with Crippen molar-refractivity contribution < 1.29 is 13.9 Å². The van der Waals surface area contributed by atoms with Crippen LogP contribution in [0.3, 0.4) is 0 Å². The van der Waals surface area contributed by atoms with Gasteiger partial charge in [0.2, 0.25) is 0 Å². The van der Waals surface area contributed by atoms with E-state index in [0.717, 1.165) is 31.6 Å². The van der Waals surface area contributed by atoms with Gasteiger partial charge in [0.05, 0.1) is 12.7 Å². The van der Waals surface area contributed by atoms with Crippen molar-refractivity contribution in [2.24, 2.45) is 5.73 Å². The monoisotopic (exact) mass is 269 g/mol. The van der Waals surface area contributed by atoms with Crippen molar-refractivity contribution in [3.8, 4) is 0 Å². The molecule has 1 aromatic carbocycles. The molecule has 1 aromatic rings. The molecule has 2 N–H and O–H groups in total. The lowest BCUT2D eigenvalue weighted by Gasteiger charge is -2.22. The van der Waals surface area contributed by atoms with Crippen LogP contribution in [0.5, 0.6) is 0 Å². The SMILES string of the molecule is NC(=S)c1cc(F)ccc1COC1CCOCC1. The Labute approximate surface area is 111 Å². The van der Waals surface area contributed by atoms with Crippen molar-refractivity contribution in [3.05, 3.63) is 35.1 Å². The van der Waals surface area contributed by atoms with Crippen LogP contribution < -0.4 is 5.73 Å². The fourth-order valence-corrected chi connectivity index (χ4v) is 2.14. The van der Waals surface area contributed by atoms with Gasteiger partial charge in [-0.05, 0) is 30.5 Å². The van der Waals surface area contributed by atoms with Crippen LogP contribution in [0.15, 0.2) is 18.2 Å². The maximum atomic E-state index is 13.1. The molecule has 0 unspecified atom stereocenters. The first-order valence-corrected chi connectivity index (χ1v) is 6.35. The summed E-state index contributed by atoms with van der Waals surface area (Å²) < 4.78 is 24.2. The summed E-state index contributed by atoms with van der Waals surface area (Å²) in [5.74, 6) is -0.340. The van der Waals surface area contributed by atoms with Crippen LogP contribution in [-0.4, -0.2) is 24.3 Å². The van der Waals surface area contributed by atoms with E-state index in [9.17, 15) is 4.39 Å². The van der Waals surface area contributed by atoms with E-state index in [0.29, 0.717) is 12.2 Å². The minimum absolute atomic E-state index is 0.195. The summed E-state index contributed by atoms with van der Waals surface area (Å²) in [7, 11) is 0. The molecule has 1 heterocycles. The zero-order chi connectivity index (χ0) is 13.0. The van der Waals surface area contributed by atoms with Gasteiger partial charge >= 0.3 is 0 Å². The van der Waals surface area contributed by atoms with Crippen molar-refractivity contribution in [2.75, 3.05) is 13.2 Å². The van der Waals surface area contributed by atoms with Gasteiger partial charge < -0.3 is 15.2 Å². The molecule has 5 heteroatoms. The van der Waals surface area contributed by atoms with E-state index in [1.165, 1.54) is 12.1 Å². The number of hydrogen-bond acceptors (Lipinski definition) is 3. The number of hydrogen-bond donors (Lipinski definition) is 1. The number of benzene rings is 1. The summed E-state index contributed by atoms with van der Waals surface area (Å²) in [5.41, 5.74) is 6.96. The summed E-state index contributed by atoms with van der Waals surface area (Å²) in [5, 5.41) is 0. The van der Waals surface area contributed by atoms with E-state index in [-0.39, 0.29) is 16.9 Å². The largest absolute Gasteiger partial charge is 0.389 e. The molecule has 3 nitrogen and oxygen atoms in total. The van der Waals surface area contributed by atoms with E-state index in [4.69, 9.17) is 27.4 Å². The van der Waals surface area contributed by atoms with Crippen LogP contribution in [0, 0.1) is 5.82 Å². The van der Waals surface area contributed by atoms with Crippen LogP contribution in [0.25, 0.3) is 0 Å². The summed E-state index contributed by atoms with van der Waals surface area (Å²) in [6.07, 6.45) is 1.98. The first kappa shape index (κ1) is 13.4. The second kappa shape index (κ2) is 6.22. The second-order valence-corrected chi connectivity index (χ2v) is 4.73. The third-order valence-electron chi connectivity index (χ3n) is 2.98. The topological polar surface area (TPSA) is 44.5 Å².